The van der Waals surface area contributed by atoms with E-state index in [-0.39, 0.29) is 36.4 Å². The number of imidazole rings is 2. The highest BCUT2D eigenvalue weighted by Crippen LogP contribution is 2.54. The van der Waals surface area contributed by atoms with Crippen LogP contribution in [0.1, 0.15) is 101 Å². The molecule has 2 N–H and O–H groups in total. The van der Waals surface area contributed by atoms with Crippen LogP contribution in [0.2, 0.25) is 0 Å². The largest absolute Gasteiger partial charge is 0.449 e. The van der Waals surface area contributed by atoms with E-state index >= 15 is 0 Å². The van der Waals surface area contributed by atoms with Crippen molar-refractivity contribution in [1.29, 1.82) is 0 Å². The van der Waals surface area contributed by atoms with Gasteiger partial charge in [-0.3, -0.25) is 9.80 Å². The third-order valence-electron chi connectivity index (χ3n) is 10.1. The van der Waals surface area contributed by atoms with Crippen molar-refractivity contribution < 1.29 is 19.1 Å². The van der Waals surface area contributed by atoms with Crippen LogP contribution in [-0.4, -0.2) is 66.2 Å². The standard InChI is InChI=1S/C38H42N6O4/c1-5-6-13-47-36(45)43-30-16-26(30)19-33(43)35-40-21-29(42-35)25-11-10-23-14-22(7-9-24(23)15-25)8-12-28-20-39-34(41-28)32-18-27-17-31(27)44(32)37(46)48-38(2,3)4/h7,9-11,14-15,20-21,26-27,30-33H,5-6,13,16-19H2,1-4H3,(H,39,41)(H,40,42)/t26-,27-,30-,31-,32+,33+/m1/s1. The molecule has 2 aromatic heterocycles. The lowest BCUT2D eigenvalue weighted by Gasteiger charge is -2.29. The van der Waals surface area contributed by atoms with Crippen molar-refractivity contribution in [2.45, 2.75) is 96.0 Å². The summed E-state index contributed by atoms with van der Waals surface area (Å²) in [6.07, 6.45) is 8.90. The number of ether oxygens (including phenoxy) is 2. The fourth-order valence-corrected chi connectivity index (χ4v) is 7.47. The lowest BCUT2D eigenvalue weighted by molar-refractivity contribution is 0.0175. The van der Waals surface area contributed by atoms with E-state index in [1.807, 2.05) is 42.8 Å². The predicted octanol–water partition coefficient (Wildman–Crippen LogP) is 7.50. The van der Waals surface area contributed by atoms with Crippen LogP contribution in [0.4, 0.5) is 9.59 Å². The molecule has 4 aromatic rings. The summed E-state index contributed by atoms with van der Waals surface area (Å²) in [6, 6.07) is 12.9. The molecule has 0 spiro atoms. The minimum Gasteiger partial charge on any atom is -0.449 e. The number of fused-ring (bicyclic) bond motifs is 3. The zero-order valence-electron chi connectivity index (χ0n) is 28.0. The zero-order valence-corrected chi connectivity index (χ0v) is 28.0. The number of hydrogen-bond donors (Lipinski definition) is 2. The molecule has 0 unspecified atom stereocenters. The Kier molecular flexibility index (Phi) is 7.46. The molecule has 4 fully saturated rings. The molecule has 10 heteroatoms. The van der Waals surface area contributed by atoms with Gasteiger partial charge < -0.3 is 19.4 Å². The molecule has 2 aliphatic heterocycles. The number of amides is 2. The molecule has 2 aromatic carbocycles. The topological polar surface area (TPSA) is 116 Å². The van der Waals surface area contributed by atoms with Gasteiger partial charge in [0.25, 0.3) is 0 Å². The quantitative estimate of drug-likeness (QED) is 0.166. The van der Waals surface area contributed by atoms with Gasteiger partial charge in [0.15, 0.2) is 0 Å². The average Bonchev–Trinajstić information content (AvgIpc) is 3.65. The van der Waals surface area contributed by atoms with Crippen LogP contribution >= 0.6 is 0 Å². The molecule has 8 rings (SSSR count). The van der Waals surface area contributed by atoms with Crippen molar-refractivity contribution >= 4 is 23.0 Å². The fraction of sp³-hybridized carbons (Fsp3) is 0.474. The van der Waals surface area contributed by atoms with Crippen molar-refractivity contribution in [2.75, 3.05) is 6.61 Å². The van der Waals surface area contributed by atoms with Gasteiger partial charge in [-0.15, -0.1) is 0 Å². The summed E-state index contributed by atoms with van der Waals surface area (Å²) in [5, 5.41) is 2.19. The third-order valence-corrected chi connectivity index (χ3v) is 10.1. The van der Waals surface area contributed by atoms with Crippen LogP contribution < -0.4 is 0 Å². The molecule has 48 heavy (non-hydrogen) atoms. The molecule has 4 aliphatic rings. The number of nitrogens with one attached hydrogen (secondary N) is 2. The number of H-pyrrole nitrogens is 2. The number of benzene rings is 2. The molecule has 0 radical (unpaired) electrons. The van der Waals surface area contributed by atoms with Gasteiger partial charge in [0.05, 0.1) is 36.8 Å². The van der Waals surface area contributed by atoms with E-state index in [2.05, 4.69) is 64.0 Å². The van der Waals surface area contributed by atoms with E-state index in [0.717, 1.165) is 77.8 Å². The highest BCUT2D eigenvalue weighted by molar-refractivity contribution is 5.88. The van der Waals surface area contributed by atoms with Crippen LogP contribution in [0.3, 0.4) is 0 Å². The van der Waals surface area contributed by atoms with Gasteiger partial charge in [-0.25, -0.2) is 19.6 Å². The maximum atomic E-state index is 13.0. The summed E-state index contributed by atoms with van der Waals surface area (Å²) in [5.41, 5.74) is 3.04. The van der Waals surface area contributed by atoms with Gasteiger partial charge >= 0.3 is 12.2 Å². The van der Waals surface area contributed by atoms with E-state index in [4.69, 9.17) is 14.5 Å². The van der Waals surface area contributed by atoms with Crippen LogP contribution in [-0.2, 0) is 9.47 Å². The lowest BCUT2D eigenvalue weighted by atomic mass is 10.0. The van der Waals surface area contributed by atoms with E-state index < -0.39 is 5.60 Å². The summed E-state index contributed by atoms with van der Waals surface area (Å²) in [6.45, 7) is 8.23. The van der Waals surface area contributed by atoms with Crippen LogP contribution in [0.15, 0.2) is 48.8 Å². The molecule has 6 atom stereocenters. The number of likely N-dealkylation sites (tertiary alicyclic amines) is 2. The minimum atomic E-state index is -0.540. The Morgan fingerprint density at radius 2 is 1.52 bits per heavy atom. The summed E-state index contributed by atoms with van der Waals surface area (Å²) >= 11 is 0. The van der Waals surface area contributed by atoms with Crippen molar-refractivity contribution in [3.63, 3.8) is 0 Å². The first-order valence-electron chi connectivity index (χ1n) is 17.3. The Bertz CT molecular complexity index is 1940. The van der Waals surface area contributed by atoms with Crippen LogP contribution in [0.25, 0.3) is 22.0 Å². The molecule has 0 bridgehead atoms. The first-order chi connectivity index (χ1) is 23.1. The number of piperidine rings is 2. The molecule has 2 aliphatic carbocycles. The van der Waals surface area contributed by atoms with Gasteiger partial charge in [-0.2, -0.15) is 0 Å². The monoisotopic (exact) mass is 646 g/mol. The number of rotatable bonds is 6. The van der Waals surface area contributed by atoms with Gasteiger partial charge in [0.1, 0.15) is 22.9 Å². The summed E-state index contributed by atoms with van der Waals surface area (Å²) < 4.78 is 11.3. The Morgan fingerprint density at radius 1 is 0.854 bits per heavy atom. The first-order valence-corrected chi connectivity index (χ1v) is 17.3. The maximum Gasteiger partial charge on any atom is 0.411 e. The number of hydrogen-bond acceptors (Lipinski definition) is 6. The number of nitrogens with zero attached hydrogens (tertiary/aromatic N) is 4. The van der Waals surface area contributed by atoms with E-state index in [9.17, 15) is 9.59 Å². The summed E-state index contributed by atoms with van der Waals surface area (Å²) in [5.74, 6) is 9.13. The van der Waals surface area contributed by atoms with Gasteiger partial charge in [0, 0.05) is 23.2 Å². The number of unbranched alkanes of at least 4 members (excludes halogenated alkanes) is 1. The van der Waals surface area contributed by atoms with Crippen LogP contribution in [0.5, 0.6) is 0 Å². The minimum absolute atomic E-state index is 0.0724. The highest BCUT2D eigenvalue weighted by atomic mass is 16.6. The zero-order chi connectivity index (χ0) is 33.2. The number of aromatic amines is 2. The van der Waals surface area contributed by atoms with Gasteiger partial charge in [0.2, 0.25) is 0 Å². The molecule has 2 saturated carbocycles. The van der Waals surface area contributed by atoms with Crippen molar-refractivity contribution in [3.05, 3.63) is 71.7 Å². The second-order valence-electron chi connectivity index (χ2n) is 14.8. The summed E-state index contributed by atoms with van der Waals surface area (Å²) in [7, 11) is 0. The Balaban J connectivity index is 0.947. The fourth-order valence-electron chi connectivity index (χ4n) is 7.47. The smallest absolute Gasteiger partial charge is 0.411 e. The average molecular weight is 647 g/mol. The predicted molar refractivity (Wildman–Crippen MR) is 181 cm³/mol. The second-order valence-corrected chi connectivity index (χ2v) is 14.8. The van der Waals surface area contributed by atoms with Crippen molar-refractivity contribution in [3.8, 4) is 23.1 Å². The third kappa shape index (κ3) is 5.91. The van der Waals surface area contributed by atoms with Crippen molar-refractivity contribution in [2.24, 2.45) is 11.8 Å². The first kappa shape index (κ1) is 30.5. The van der Waals surface area contributed by atoms with Crippen molar-refractivity contribution in [1.82, 2.24) is 29.7 Å². The SMILES string of the molecule is CCCCOC(=O)N1[C@@H]2C[C@@H]2C[C@H]1c1ncc(-c2ccc3cc(C#Cc4cnc([C@@H]5C[C@H]6C[C@H]6N5C(=O)OC(C)(C)C)[nH]4)ccc3c2)[nH]1. The van der Waals surface area contributed by atoms with E-state index in [0.29, 0.717) is 24.1 Å². The number of carbonyl (C=O) groups is 2. The van der Waals surface area contributed by atoms with Crippen LogP contribution in [0, 0.1) is 23.7 Å². The van der Waals surface area contributed by atoms with Gasteiger partial charge in [-0.05, 0) is 99.6 Å². The molecule has 248 valence electrons. The van der Waals surface area contributed by atoms with E-state index in [1.165, 1.54) is 0 Å². The molecule has 10 nitrogen and oxygen atoms in total. The molecular formula is C38H42N6O4. The Hall–Kier alpha value is -4.78. The Morgan fingerprint density at radius 3 is 2.25 bits per heavy atom. The molecular weight excluding hydrogens is 604 g/mol. The second kappa shape index (κ2) is 11.7. The normalized spacial score (nSPS) is 25.3. The molecule has 2 amide bonds. The molecule has 2 saturated heterocycles. The maximum absolute atomic E-state index is 13.0. The van der Waals surface area contributed by atoms with Gasteiger partial charge in [-0.1, -0.05) is 37.5 Å². The lowest BCUT2D eigenvalue weighted by Crippen LogP contribution is -2.38. The number of aromatic nitrogens is 4. The highest BCUT2D eigenvalue weighted by Gasteiger charge is 2.57. The Labute approximate surface area is 280 Å². The van der Waals surface area contributed by atoms with E-state index in [1.54, 1.807) is 6.20 Å². The number of carbonyl (C=O) groups excluding carboxylic acids is 2. The molecule has 4 heterocycles. The summed E-state index contributed by atoms with van der Waals surface area (Å²) in [4.78, 5) is 45.8.